The molecule has 31 heavy (non-hydrogen) atoms. The Morgan fingerprint density at radius 1 is 1.06 bits per heavy atom. The van der Waals surface area contributed by atoms with Gasteiger partial charge in [-0.2, -0.15) is 0 Å². The fourth-order valence-electron chi connectivity index (χ4n) is 4.67. The number of amides is 3. The quantitative estimate of drug-likeness (QED) is 0.412. The lowest BCUT2D eigenvalue weighted by atomic mass is 9.85. The van der Waals surface area contributed by atoms with Crippen LogP contribution in [0.3, 0.4) is 0 Å². The number of hydrogen-bond donors (Lipinski definition) is 1. The van der Waals surface area contributed by atoms with Crippen LogP contribution in [0, 0.1) is 23.7 Å². The zero-order chi connectivity index (χ0) is 22.3. The van der Waals surface area contributed by atoms with Crippen molar-refractivity contribution in [1.82, 2.24) is 4.90 Å². The first-order valence-corrected chi connectivity index (χ1v) is 10.0. The van der Waals surface area contributed by atoms with E-state index in [1.807, 2.05) is 12.2 Å². The van der Waals surface area contributed by atoms with Gasteiger partial charge in [0.1, 0.15) is 6.04 Å². The maximum atomic E-state index is 12.8. The van der Waals surface area contributed by atoms with Crippen LogP contribution in [0.2, 0.25) is 0 Å². The summed E-state index contributed by atoms with van der Waals surface area (Å²) in [5, 5.41) is 2.54. The van der Waals surface area contributed by atoms with Gasteiger partial charge < -0.3 is 14.8 Å². The van der Waals surface area contributed by atoms with Gasteiger partial charge in [0.15, 0.2) is 6.61 Å². The lowest BCUT2D eigenvalue weighted by Gasteiger charge is -2.23. The maximum absolute atomic E-state index is 12.8. The fourth-order valence-corrected chi connectivity index (χ4v) is 4.67. The van der Waals surface area contributed by atoms with E-state index in [0.717, 1.165) is 11.3 Å². The Hall–Kier alpha value is -3.49. The lowest BCUT2D eigenvalue weighted by molar-refractivity contribution is -0.159. The number of fused-ring (bicyclic) bond motifs is 5. The normalized spacial score (nSPS) is 26.6. The summed E-state index contributed by atoms with van der Waals surface area (Å²) < 4.78 is 9.63. The molecule has 0 spiro atoms. The molecule has 2 bridgehead atoms. The third-order valence-electron chi connectivity index (χ3n) is 6.17. The maximum Gasteiger partial charge on any atom is 0.337 e. The van der Waals surface area contributed by atoms with Crippen molar-refractivity contribution in [2.45, 2.75) is 19.4 Å². The highest BCUT2D eigenvalue weighted by Gasteiger charge is 2.60. The number of carbonyl (C=O) groups excluding carboxylic acids is 5. The van der Waals surface area contributed by atoms with Gasteiger partial charge in [0, 0.05) is 5.69 Å². The Bertz CT molecular complexity index is 954. The molecular weight excluding hydrogens is 404 g/mol. The molecule has 5 atom stereocenters. The van der Waals surface area contributed by atoms with E-state index < -0.39 is 42.3 Å². The lowest BCUT2D eigenvalue weighted by Crippen LogP contribution is -2.45. The molecule has 4 rings (SSSR count). The fraction of sp³-hybridized carbons (Fsp3) is 0.409. The molecule has 0 aromatic heterocycles. The van der Waals surface area contributed by atoms with Crippen molar-refractivity contribution in [2.75, 3.05) is 19.0 Å². The van der Waals surface area contributed by atoms with E-state index in [1.54, 1.807) is 0 Å². The Morgan fingerprint density at radius 2 is 1.65 bits per heavy atom. The molecular formula is C22H22N2O7. The van der Waals surface area contributed by atoms with Crippen LogP contribution in [0.1, 0.15) is 23.7 Å². The summed E-state index contributed by atoms with van der Waals surface area (Å²) in [6.07, 6.45) is 4.76. The van der Waals surface area contributed by atoms with Crippen LogP contribution >= 0.6 is 0 Å². The number of rotatable bonds is 6. The second kappa shape index (κ2) is 7.98. The van der Waals surface area contributed by atoms with E-state index in [2.05, 4.69) is 10.1 Å². The van der Waals surface area contributed by atoms with Gasteiger partial charge in [0.2, 0.25) is 11.8 Å². The van der Waals surface area contributed by atoms with Crippen LogP contribution in [0.25, 0.3) is 0 Å². The standard InChI is InChI=1S/C22H22N2O7/c1-11(24-19(26)17-13-3-4-14(9-13)18(17)20(24)27)21(28)31-10-16(25)23-15-7-5-12(6-8-15)22(29)30-2/h3-8,11,13-14,17-18H,9-10H2,1-2H3,(H,23,25)/t11-,13-,14-,17-,18+/m0/s1. The monoisotopic (exact) mass is 426 g/mol. The molecule has 1 N–H and O–H groups in total. The number of anilines is 1. The summed E-state index contributed by atoms with van der Waals surface area (Å²) >= 11 is 0. The molecule has 1 aromatic rings. The second-order valence-corrected chi connectivity index (χ2v) is 7.95. The van der Waals surface area contributed by atoms with Crippen molar-refractivity contribution in [1.29, 1.82) is 0 Å². The third kappa shape index (κ3) is 3.60. The summed E-state index contributed by atoms with van der Waals surface area (Å²) in [5.74, 6) is -3.28. The average molecular weight is 426 g/mol. The van der Waals surface area contributed by atoms with Crippen LogP contribution in [0.5, 0.6) is 0 Å². The largest absolute Gasteiger partial charge is 0.465 e. The molecule has 2 fully saturated rings. The van der Waals surface area contributed by atoms with Crippen molar-refractivity contribution in [3.05, 3.63) is 42.0 Å². The van der Waals surface area contributed by atoms with Crippen LogP contribution < -0.4 is 5.32 Å². The topological polar surface area (TPSA) is 119 Å². The molecule has 162 valence electrons. The molecule has 3 amide bonds. The van der Waals surface area contributed by atoms with Crippen molar-refractivity contribution in [3.63, 3.8) is 0 Å². The van der Waals surface area contributed by atoms with Gasteiger partial charge >= 0.3 is 11.9 Å². The zero-order valence-corrected chi connectivity index (χ0v) is 17.1. The SMILES string of the molecule is COC(=O)c1ccc(NC(=O)COC(=O)[C@H](C)N2C(=O)[C@@H]3[C@H](C2=O)[C@H]2C=C[C@H]3C2)cc1. The van der Waals surface area contributed by atoms with Gasteiger partial charge in [-0.05, 0) is 49.4 Å². The van der Waals surface area contributed by atoms with Crippen molar-refractivity contribution in [2.24, 2.45) is 23.7 Å². The van der Waals surface area contributed by atoms with Gasteiger partial charge in [-0.25, -0.2) is 9.59 Å². The number of benzene rings is 1. The molecule has 1 aromatic carbocycles. The third-order valence-corrected chi connectivity index (χ3v) is 6.17. The number of allylic oxidation sites excluding steroid dienone is 2. The van der Waals surface area contributed by atoms with E-state index in [0.29, 0.717) is 11.3 Å². The molecule has 9 heteroatoms. The molecule has 1 heterocycles. The number of carbonyl (C=O) groups is 5. The molecule has 3 aliphatic rings. The van der Waals surface area contributed by atoms with Gasteiger partial charge in [-0.3, -0.25) is 19.3 Å². The summed E-state index contributed by atoms with van der Waals surface area (Å²) in [6.45, 7) is 0.857. The molecule has 1 aliphatic heterocycles. The van der Waals surface area contributed by atoms with E-state index in [9.17, 15) is 24.0 Å². The molecule has 1 saturated heterocycles. The predicted molar refractivity (Wildman–Crippen MR) is 106 cm³/mol. The summed E-state index contributed by atoms with van der Waals surface area (Å²) in [6, 6.07) is 4.89. The predicted octanol–water partition coefficient (Wildman–Crippen LogP) is 1.15. The second-order valence-electron chi connectivity index (χ2n) is 7.95. The first-order chi connectivity index (χ1) is 14.8. The minimum atomic E-state index is -1.10. The van der Waals surface area contributed by atoms with Gasteiger partial charge in [-0.1, -0.05) is 12.2 Å². The van der Waals surface area contributed by atoms with Crippen LogP contribution in [-0.4, -0.2) is 54.3 Å². The molecule has 1 saturated carbocycles. The summed E-state index contributed by atoms with van der Waals surface area (Å²) in [7, 11) is 1.27. The molecule has 0 radical (unpaired) electrons. The Labute approximate surface area is 178 Å². The number of methoxy groups -OCH3 is 1. The van der Waals surface area contributed by atoms with Crippen LogP contribution in [0.4, 0.5) is 5.69 Å². The van der Waals surface area contributed by atoms with Gasteiger partial charge in [0.05, 0.1) is 24.5 Å². The average Bonchev–Trinajstić information content (AvgIpc) is 3.45. The van der Waals surface area contributed by atoms with Crippen molar-refractivity contribution in [3.8, 4) is 0 Å². The van der Waals surface area contributed by atoms with Crippen molar-refractivity contribution >= 4 is 35.3 Å². The smallest absolute Gasteiger partial charge is 0.337 e. The highest BCUT2D eigenvalue weighted by atomic mass is 16.5. The van der Waals surface area contributed by atoms with E-state index in [4.69, 9.17) is 4.74 Å². The number of nitrogens with one attached hydrogen (secondary N) is 1. The first-order valence-electron chi connectivity index (χ1n) is 10.0. The van der Waals surface area contributed by atoms with E-state index >= 15 is 0 Å². The minimum absolute atomic E-state index is 0.0519. The number of nitrogens with zero attached hydrogens (tertiary/aromatic N) is 1. The van der Waals surface area contributed by atoms with Crippen molar-refractivity contribution < 1.29 is 33.4 Å². The number of ether oxygens (including phenoxy) is 2. The first kappa shape index (κ1) is 20.8. The number of imide groups is 1. The van der Waals surface area contributed by atoms with Gasteiger partial charge in [-0.15, -0.1) is 0 Å². The summed E-state index contributed by atoms with van der Waals surface area (Å²) in [4.78, 5) is 62.4. The van der Waals surface area contributed by atoms with Crippen LogP contribution in [-0.2, 0) is 28.7 Å². The number of esters is 2. The molecule has 2 aliphatic carbocycles. The number of likely N-dealkylation sites (tertiary alicyclic amines) is 1. The molecule has 0 unspecified atom stereocenters. The Balaban J connectivity index is 1.30. The molecule has 9 nitrogen and oxygen atoms in total. The van der Waals surface area contributed by atoms with E-state index in [-0.39, 0.29) is 23.7 Å². The minimum Gasteiger partial charge on any atom is -0.465 e. The van der Waals surface area contributed by atoms with Crippen LogP contribution in [0.15, 0.2) is 36.4 Å². The van der Waals surface area contributed by atoms with E-state index in [1.165, 1.54) is 38.3 Å². The highest BCUT2D eigenvalue weighted by molar-refractivity contribution is 6.09. The highest BCUT2D eigenvalue weighted by Crippen LogP contribution is 2.52. The Morgan fingerprint density at radius 3 is 2.19 bits per heavy atom. The van der Waals surface area contributed by atoms with Gasteiger partial charge in [0.25, 0.3) is 5.91 Å². The zero-order valence-electron chi connectivity index (χ0n) is 17.1. The Kier molecular flexibility index (Phi) is 5.34. The summed E-state index contributed by atoms with van der Waals surface area (Å²) in [5.41, 5.74) is 0.733. The number of hydrogen-bond acceptors (Lipinski definition) is 7.